The fraction of sp³-hybridized carbons (Fsp3) is 0.609. The summed E-state index contributed by atoms with van der Waals surface area (Å²) in [6.07, 6.45) is -0.389. The van der Waals surface area contributed by atoms with Gasteiger partial charge in [-0.05, 0) is 17.7 Å². The largest absolute Gasteiger partial charge is 0.459 e. The second-order valence-corrected chi connectivity index (χ2v) is 7.69. The first-order valence-corrected chi connectivity index (χ1v) is 11.8. The van der Waals surface area contributed by atoms with E-state index >= 15 is 0 Å². The van der Waals surface area contributed by atoms with E-state index in [1.807, 2.05) is 12.1 Å². The van der Waals surface area contributed by atoms with Gasteiger partial charge in [-0.25, -0.2) is 4.79 Å². The van der Waals surface area contributed by atoms with Crippen molar-refractivity contribution < 1.29 is 38.3 Å². The fourth-order valence-electron chi connectivity index (χ4n) is 2.61. The molecule has 0 bridgehead atoms. The van der Waals surface area contributed by atoms with E-state index < -0.39 is 5.97 Å². The first kappa shape index (κ1) is 26.6. The number of carbonyl (C=O) groups excluding carboxylic acids is 1. The van der Waals surface area contributed by atoms with Crippen LogP contribution < -0.4 is 0 Å². The van der Waals surface area contributed by atoms with Crippen LogP contribution in [0, 0.1) is 11.8 Å². The van der Waals surface area contributed by atoms with E-state index in [0.29, 0.717) is 70.8 Å². The SMILES string of the molecule is O=C(OCC1COCCOCCOCCOCCO1)c1ccc(CSCC#CCO)cc1. The summed E-state index contributed by atoms with van der Waals surface area (Å²) >= 11 is 1.65. The van der Waals surface area contributed by atoms with Crippen molar-refractivity contribution in [3.05, 3.63) is 35.4 Å². The normalized spacial score (nSPS) is 19.1. The predicted molar refractivity (Wildman–Crippen MR) is 121 cm³/mol. The third-order valence-electron chi connectivity index (χ3n) is 4.24. The molecule has 1 N–H and O–H groups in total. The van der Waals surface area contributed by atoms with Gasteiger partial charge in [0.05, 0.1) is 70.8 Å². The Bertz CT molecular complexity index is 669. The molecule has 0 amide bonds. The highest BCUT2D eigenvalue weighted by molar-refractivity contribution is 7.98. The molecule has 1 aliphatic rings. The molecule has 1 heterocycles. The summed E-state index contributed by atoms with van der Waals surface area (Å²) in [6.45, 7) is 3.99. The molecule has 2 rings (SSSR count). The number of esters is 1. The third kappa shape index (κ3) is 12.4. The van der Waals surface area contributed by atoms with E-state index in [1.54, 1.807) is 23.9 Å². The van der Waals surface area contributed by atoms with E-state index in [9.17, 15) is 4.79 Å². The molecule has 8 nitrogen and oxygen atoms in total. The van der Waals surface area contributed by atoms with E-state index in [2.05, 4.69) is 11.8 Å². The monoisotopic (exact) mass is 468 g/mol. The summed E-state index contributed by atoms with van der Waals surface area (Å²) in [5, 5.41) is 8.64. The van der Waals surface area contributed by atoms with Gasteiger partial charge in [0.15, 0.2) is 0 Å². The summed E-state index contributed by atoms with van der Waals surface area (Å²) in [5.41, 5.74) is 1.57. The third-order valence-corrected chi connectivity index (χ3v) is 5.12. The Labute approximate surface area is 193 Å². The molecule has 0 saturated carbocycles. The molecule has 178 valence electrons. The zero-order chi connectivity index (χ0) is 22.7. The standard InChI is InChI=1S/C23H32O8S/c24-7-1-2-16-32-19-20-3-5-21(6-4-20)23(25)31-18-22-17-29-13-12-27-9-8-26-10-11-28-14-15-30-22/h3-6,22,24H,7-19H2. The summed E-state index contributed by atoms with van der Waals surface area (Å²) < 4.78 is 33.0. The van der Waals surface area contributed by atoms with Crippen LogP contribution in [-0.4, -0.2) is 95.6 Å². The highest BCUT2D eigenvalue weighted by atomic mass is 32.2. The number of hydrogen-bond donors (Lipinski definition) is 1. The quantitative estimate of drug-likeness (QED) is 0.379. The Morgan fingerprint density at radius 2 is 1.56 bits per heavy atom. The highest BCUT2D eigenvalue weighted by Crippen LogP contribution is 2.13. The van der Waals surface area contributed by atoms with Crippen molar-refractivity contribution in [3.63, 3.8) is 0 Å². The second-order valence-electron chi connectivity index (χ2n) is 6.70. The van der Waals surface area contributed by atoms with Gasteiger partial charge in [0.2, 0.25) is 0 Å². The minimum Gasteiger partial charge on any atom is -0.459 e. The molecule has 1 aromatic rings. The van der Waals surface area contributed by atoms with Crippen molar-refractivity contribution in [2.45, 2.75) is 11.9 Å². The fourth-order valence-corrected chi connectivity index (χ4v) is 3.34. The van der Waals surface area contributed by atoms with Gasteiger partial charge in [-0.1, -0.05) is 24.0 Å². The zero-order valence-electron chi connectivity index (χ0n) is 18.3. The number of aliphatic hydroxyl groups excluding tert-OH is 1. The maximum Gasteiger partial charge on any atom is 0.338 e. The van der Waals surface area contributed by atoms with Crippen LogP contribution in [0.2, 0.25) is 0 Å². The molecule has 1 fully saturated rings. The molecule has 1 atom stereocenters. The summed E-state index contributed by atoms with van der Waals surface area (Å²) in [7, 11) is 0. The number of rotatable bonds is 6. The molecule has 1 aliphatic heterocycles. The maximum atomic E-state index is 12.4. The topological polar surface area (TPSA) is 92.7 Å². The number of ether oxygens (including phenoxy) is 6. The Morgan fingerprint density at radius 1 is 0.938 bits per heavy atom. The lowest BCUT2D eigenvalue weighted by molar-refractivity contribution is -0.0689. The Balaban J connectivity index is 1.75. The van der Waals surface area contributed by atoms with Crippen LogP contribution in [0.1, 0.15) is 15.9 Å². The second kappa shape index (κ2) is 17.9. The van der Waals surface area contributed by atoms with E-state index in [-0.39, 0.29) is 19.3 Å². The smallest absolute Gasteiger partial charge is 0.338 e. The molecule has 0 aliphatic carbocycles. The van der Waals surface area contributed by atoms with E-state index in [0.717, 1.165) is 11.3 Å². The Hall–Kier alpha value is -1.64. The number of carbonyl (C=O) groups is 1. The minimum absolute atomic E-state index is 0.0872. The van der Waals surface area contributed by atoms with Crippen LogP contribution in [0.4, 0.5) is 0 Å². The van der Waals surface area contributed by atoms with Gasteiger partial charge >= 0.3 is 5.97 Å². The molecule has 1 aromatic carbocycles. The van der Waals surface area contributed by atoms with Gasteiger partial charge in [0.25, 0.3) is 0 Å². The lowest BCUT2D eigenvalue weighted by Crippen LogP contribution is -2.29. The molecule has 0 spiro atoms. The predicted octanol–water partition coefficient (Wildman–Crippen LogP) is 1.54. The number of benzene rings is 1. The van der Waals surface area contributed by atoms with E-state index in [1.165, 1.54) is 0 Å². The Morgan fingerprint density at radius 3 is 2.22 bits per heavy atom. The number of aliphatic hydroxyl groups is 1. The van der Waals surface area contributed by atoms with Crippen LogP contribution >= 0.6 is 11.8 Å². The Kier molecular flexibility index (Phi) is 14.9. The van der Waals surface area contributed by atoms with Crippen LogP contribution in [0.15, 0.2) is 24.3 Å². The van der Waals surface area contributed by atoms with Crippen LogP contribution in [-0.2, 0) is 34.2 Å². The summed E-state index contributed by atoms with van der Waals surface area (Å²) in [4.78, 5) is 12.4. The lowest BCUT2D eigenvalue weighted by atomic mass is 10.1. The average Bonchev–Trinajstić information content (AvgIpc) is 2.82. The first-order valence-electron chi connectivity index (χ1n) is 10.6. The summed E-state index contributed by atoms with van der Waals surface area (Å²) in [6, 6.07) is 7.29. The van der Waals surface area contributed by atoms with Gasteiger partial charge in [0.1, 0.15) is 19.3 Å². The van der Waals surface area contributed by atoms with Crippen molar-refractivity contribution in [2.24, 2.45) is 0 Å². The first-order chi connectivity index (χ1) is 15.8. The highest BCUT2D eigenvalue weighted by Gasteiger charge is 2.15. The van der Waals surface area contributed by atoms with Gasteiger partial charge < -0.3 is 33.5 Å². The molecule has 0 aromatic heterocycles. The van der Waals surface area contributed by atoms with Crippen LogP contribution in [0.5, 0.6) is 0 Å². The molecule has 1 saturated heterocycles. The van der Waals surface area contributed by atoms with Gasteiger partial charge in [-0.3, -0.25) is 0 Å². The van der Waals surface area contributed by atoms with Crippen LogP contribution in [0.3, 0.4) is 0 Å². The molecule has 1 unspecified atom stereocenters. The molecule has 32 heavy (non-hydrogen) atoms. The van der Waals surface area contributed by atoms with E-state index in [4.69, 9.17) is 33.5 Å². The van der Waals surface area contributed by atoms with Gasteiger partial charge in [0, 0.05) is 5.75 Å². The number of thioether (sulfide) groups is 1. The number of hydrogen-bond acceptors (Lipinski definition) is 9. The minimum atomic E-state index is -0.408. The summed E-state index contributed by atoms with van der Waals surface area (Å²) in [5.74, 6) is 6.50. The van der Waals surface area contributed by atoms with Crippen molar-refractivity contribution in [1.82, 2.24) is 0 Å². The van der Waals surface area contributed by atoms with Crippen molar-refractivity contribution in [1.29, 1.82) is 0 Å². The zero-order valence-corrected chi connectivity index (χ0v) is 19.1. The maximum absolute atomic E-state index is 12.4. The van der Waals surface area contributed by atoms with Crippen molar-refractivity contribution in [2.75, 3.05) is 78.4 Å². The molecular weight excluding hydrogens is 436 g/mol. The van der Waals surface area contributed by atoms with Gasteiger partial charge in [-0.2, -0.15) is 0 Å². The lowest BCUT2D eigenvalue weighted by Gasteiger charge is -2.18. The molecule has 0 radical (unpaired) electrons. The van der Waals surface area contributed by atoms with Gasteiger partial charge in [-0.15, -0.1) is 11.8 Å². The average molecular weight is 469 g/mol. The molecule has 9 heteroatoms. The molecular formula is C23H32O8S. The van der Waals surface area contributed by atoms with Crippen molar-refractivity contribution in [3.8, 4) is 11.8 Å². The van der Waals surface area contributed by atoms with Crippen molar-refractivity contribution >= 4 is 17.7 Å². The van der Waals surface area contributed by atoms with Crippen LogP contribution in [0.25, 0.3) is 0 Å².